The maximum atomic E-state index is 11.7. The smallest absolute Gasteiger partial charge is 0.317 e. The third-order valence-electron chi connectivity index (χ3n) is 4.84. The maximum absolute atomic E-state index is 11.7. The number of hydrogen-bond donors (Lipinski definition) is 1. The van der Waals surface area contributed by atoms with Crippen LogP contribution in [-0.4, -0.2) is 33.2 Å². The van der Waals surface area contributed by atoms with Gasteiger partial charge in [0, 0.05) is 16.3 Å². The summed E-state index contributed by atoms with van der Waals surface area (Å²) < 4.78 is 2.35. The molecule has 2 aliphatic rings. The molecule has 0 saturated heterocycles. The van der Waals surface area contributed by atoms with Crippen LogP contribution in [-0.2, 0) is 5.72 Å². The normalized spacial score (nSPS) is 26.1. The van der Waals surface area contributed by atoms with Crippen LogP contribution in [0.5, 0.6) is 0 Å². The summed E-state index contributed by atoms with van der Waals surface area (Å²) >= 11 is 7.87. The first-order chi connectivity index (χ1) is 11.6. The summed E-state index contributed by atoms with van der Waals surface area (Å²) in [5.74, 6) is 1.08. The first-order valence-electron chi connectivity index (χ1n) is 8.23. The third-order valence-corrected chi connectivity index (χ3v) is 6.31. The van der Waals surface area contributed by atoms with Crippen molar-refractivity contribution in [1.82, 2.24) is 0 Å². The number of para-hydroxylation sites is 1. The van der Waals surface area contributed by atoms with Crippen molar-refractivity contribution in [2.75, 3.05) is 17.2 Å². The zero-order chi connectivity index (χ0) is 16.7. The van der Waals surface area contributed by atoms with Gasteiger partial charge in [-0.2, -0.15) is 4.90 Å². The van der Waals surface area contributed by atoms with Crippen molar-refractivity contribution >= 4 is 34.2 Å². The minimum atomic E-state index is -1.08. The Morgan fingerprint density at radius 3 is 2.58 bits per heavy atom. The molecule has 1 N–H and O–H groups in total. The molecule has 0 saturated carbocycles. The molecular weight excluding hydrogens is 340 g/mol. The molecular formula is C19H20ClN2OS+. The van der Waals surface area contributed by atoms with Gasteiger partial charge in [0.15, 0.2) is 6.54 Å². The molecule has 0 fully saturated rings. The Bertz CT molecular complexity index is 778. The molecule has 0 unspecified atom stereocenters. The quantitative estimate of drug-likeness (QED) is 0.842. The summed E-state index contributed by atoms with van der Waals surface area (Å²) in [6.45, 7) is 2.78. The van der Waals surface area contributed by atoms with Gasteiger partial charge < -0.3 is 5.11 Å². The minimum absolute atomic E-state index is 0.470. The molecule has 4 rings (SSSR count). The van der Waals surface area contributed by atoms with Gasteiger partial charge in [-0.25, -0.2) is 4.58 Å². The number of benzene rings is 2. The lowest BCUT2D eigenvalue weighted by Crippen LogP contribution is -2.47. The Labute approximate surface area is 151 Å². The van der Waals surface area contributed by atoms with Crippen LogP contribution in [0.15, 0.2) is 54.6 Å². The Kier molecular flexibility index (Phi) is 4.07. The largest absolute Gasteiger partial charge is 0.346 e. The van der Waals surface area contributed by atoms with E-state index in [-0.39, 0.29) is 0 Å². The van der Waals surface area contributed by atoms with Gasteiger partial charge in [-0.3, -0.25) is 0 Å². The van der Waals surface area contributed by atoms with Crippen LogP contribution >= 0.6 is 23.4 Å². The summed E-state index contributed by atoms with van der Waals surface area (Å²) in [6.07, 6.45) is 1.08. The summed E-state index contributed by atoms with van der Waals surface area (Å²) in [5, 5.41) is 13.5. The Balaban J connectivity index is 1.83. The first-order valence-corrected chi connectivity index (χ1v) is 9.60. The molecule has 3 nitrogen and oxygen atoms in total. The van der Waals surface area contributed by atoms with Crippen LogP contribution < -0.4 is 4.90 Å². The van der Waals surface area contributed by atoms with Crippen LogP contribution in [0.1, 0.15) is 18.9 Å². The van der Waals surface area contributed by atoms with Crippen molar-refractivity contribution in [1.29, 1.82) is 0 Å². The number of halogens is 1. The zero-order valence-corrected chi connectivity index (χ0v) is 15.1. The number of aliphatic hydroxyl groups is 1. The van der Waals surface area contributed by atoms with E-state index in [0.29, 0.717) is 17.6 Å². The Morgan fingerprint density at radius 2 is 1.92 bits per heavy atom. The number of nitrogens with zero attached hydrogens (tertiary/aromatic N) is 2. The molecule has 2 aliphatic heterocycles. The fourth-order valence-electron chi connectivity index (χ4n) is 3.53. The highest BCUT2D eigenvalue weighted by molar-refractivity contribution is 8.14. The highest BCUT2D eigenvalue weighted by atomic mass is 35.5. The van der Waals surface area contributed by atoms with Crippen molar-refractivity contribution in [3.63, 3.8) is 0 Å². The molecule has 0 bridgehead atoms. The van der Waals surface area contributed by atoms with Gasteiger partial charge in [0.1, 0.15) is 11.7 Å². The van der Waals surface area contributed by atoms with Gasteiger partial charge in [0.2, 0.25) is 0 Å². The second-order valence-electron chi connectivity index (χ2n) is 6.28. The SMILES string of the molecule is CC[C@@H]1CSC2=[N+]1C[C@@](O)(c1ccc(Cl)cc1)N2c1ccccc1. The Hall–Kier alpha value is -1.49. The average Bonchev–Trinajstić information content (AvgIpc) is 3.11. The van der Waals surface area contributed by atoms with Gasteiger partial charge in [-0.15, -0.1) is 0 Å². The summed E-state index contributed by atoms with van der Waals surface area (Å²) in [4.78, 5) is 2.08. The maximum Gasteiger partial charge on any atom is 0.317 e. The number of amidine groups is 1. The molecule has 2 aromatic rings. The molecule has 5 heteroatoms. The zero-order valence-electron chi connectivity index (χ0n) is 13.5. The molecule has 0 aromatic heterocycles. The highest BCUT2D eigenvalue weighted by Gasteiger charge is 2.57. The lowest BCUT2D eigenvalue weighted by atomic mass is 10.0. The van der Waals surface area contributed by atoms with Crippen molar-refractivity contribution < 1.29 is 9.68 Å². The highest BCUT2D eigenvalue weighted by Crippen LogP contribution is 2.42. The van der Waals surface area contributed by atoms with Gasteiger partial charge in [0.05, 0.1) is 0 Å². The molecule has 24 heavy (non-hydrogen) atoms. The molecule has 124 valence electrons. The van der Waals surface area contributed by atoms with Crippen molar-refractivity contribution in [2.24, 2.45) is 0 Å². The van der Waals surface area contributed by atoms with Crippen LogP contribution in [0.25, 0.3) is 0 Å². The van der Waals surface area contributed by atoms with Gasteiger partial charge >= 0.3 is 5.17 Å². The number of rotatable bonds is 3. The lowest BCUT2D eigenvalue weighted by Gasteiger charge is -2.29. The minimum Gasteiger partial charge on any atom is -0.346 e. The van der Waals surface area contributed by atoms with Crippen LogP contribution in [0.2, 0.25) is 5.02 Å². The van der Waals surface area contributed by atoms with E-state index in [2.05, 4.69) is 28.5 Å². The average molecular weight is 360 g/mol. The standard InChI is InChI=1S/C19H20ClN2OS/c1-2-16-12-24-18-21(16)13-19(23,14-8-10-15(20)11-9-14)22(18)17-6-4-3-5-7-17/h3-11,16,23H,2,12-13H2,1H3/q+1/t16-,19-/m1/s1. The number of hydrogen-bond acceptors (Lipinski definition) is 3. The monoisotopic (exact) mass is 359 g/mol. The van der Waals surface area contributed by atoms with E-state index in [4.69, 9.17) is 11.6 Å². The van der Waals surface area contributed by atoms with Gasteiger partial charge in [-0.1, -0.05) is 48.9 Å². The van der Waals surface area contributed by atoms with E-state index >= 15 is 0 Å². The second kappa shape index (κ2) is 6.10. The third kappa shape index (κ3) is 2.44. The predicted octanol–water partition coefficient (Wildman–Crippen LogP) is 3.90. The molecule has 0 radical (unpaired) electrons. The van der Waals surface area contributed by atoms with E-state index < -0.39 is 5.72 Å². The molecule has 2 heterocycles. The lowest BCUT2D eigenvalue weighted by molar-refractivity contribution is -0.561. The van der Waals surface area contributed by atoms with Crippen molar-refractivity contribution in [2.45, 2.75) is 25.1 Å². The summed E-state index contributed by atoms with van der Waals surface area (Å²) in [6, 6.07) is 18.1. The predicted molar refractivity (Wildman–Crippen MR) is 101 cm³/mol. The molecule has 2 atom stereocenters. The fourth-order valence-corrected chi connectivity index (χ4v) is 5.18. The fraction of sp³-hybridized carbons (Fsp3) is 0.316. The molecule has 0 aliphatic carbocycles. The van der Waals surface area contributed by atoms with E-state index in [1.165, 1.54) is 0 Å². The number of thioether (sulfide) groups is 1. The van der Waals surface area contributed by atoms with E-state index in [1.54, 1.807) is 0 Å². The summed E-state index contributed by atoms with van der Waals surface area (Å²) in [7, 11) is 0. The second-order valence-corrected chi connectivity index (χ2v) is 7.70. The van der Waals surface area contributed by atoms with E-state index in [0.717, 1.165) is 28.6 Å². The van der Waals surface area contributed by atoms with Crippen molar-refractivity contribution in [3.05, 3.63) is 65.2 Å². The molecule has 0 amide bonds. The molecule has 0 spiro atoms. The summed E-state index contributed by atoms with van der Waals surface area (Å²) in [5.41, 5.74) is 0.798. The van der Waals surface area contributed by atoms with Crippen LogP contribution in [0.4, 0.5) is 5.69 Å². The van der Waals surface area contributed by atoms with E-state index in [9.17, 15) is 5.11 Å². The van der Waals surface area contributed by atoms with Crippen LogP contribution in [0.3, 0.4) is 0 Å². The van der Waals surface area contributed by atoms with Gasteiger partial charge in [-0.05, 0) is 42.4 Å². The van der Waals surface area contributed by atoms with Crippen LogP contribution in [0, 0.1) is 0 Å². The van der Waals surface area contributed by atoms with Crippen molar-refractivity contribution in [3.8, 4) is 0 Å². The molecule has 2 aromatic carbocycles. The first kappa shape index (κ1) is 16.0. The van der Waals surface area contributed by atoms with Gasteiger partial charge in [0.25, 0.3) is 5.72 Å². The number of anilines is 1. The Morgan fingerprint density at radius 1 is 1.21 bits per heavy atom. The van der Waals surface area contributed by atoms with E-state index in [1.807, 2.05) is 54.2 Å². The topological polar surface area (TPSA) is 26.5 Å².